The quantitative estimate of drug-likeness (QED) is 0.867. The maximum atomic E-state index is 11.9. The molecule has 3 nitrogen and oxygen atoms in total. The van der Waals surface area contributed by atoms with Crippen molar-refractivity contribution in [3.8, 4) is 0 Å². The Labute approximate surface area is 121 Å². The average Bonchev–Trinajstić information content (AvgIpc) is 2.81. The van der Waals surface area contributed by atoms with Gasteiger partial charge in [0.05, 0.1) is 6.10 Å². The molecule has 0 aromatic heterocycles. The molecule has 0 aliphatic heterocycles. The Hall–Kier alpha value is -1.35. The summed E-state index contributed by atoms with van der Waals surface area (Å²) < 4.78 is 0. The lowest BCUT2D eigenvalue weighted by atomic mass is 10.0. The van der Waals surface area contributed by atoms with E-state index >= 15 is 0 Å². The third-order valence-corrected chi connectivity index (χ3v) is 4.30. The fraction of sp³-hybridized carbons (Fsp3) is 0.588. The number of aliphatic hydroxyl groups excluding tert-OH is 1. The molecule has 0 saturated heterocycles. The summed E-state index contributed by atoms with van der Waals surface area (Å²) in [6, 6.07) is 6.36. The van der Waals surface area contributed by atoms with Crippen LogP contribution < -0.4 is 5.32 Å². The van der Waals surface area contributed by atoms with Crippen LogP contribution in [0.5, 0.6) is 0 Å². The van der Waals surface area contributed by atoms with Crippen molar-refractivity contribution in [2.45, 2.75) is 52.1 Å². The Morgan fingerprint density at radius 1 is 1.35 bits per heavy atom. The van der Waals surface area contributed by atoms with Gasteiger partial charge < -0.3 is 10.4 Å². The van der Waals surface area contributed by atoms with Gasteiger partial charge in [-0.3, -0.25) is 4.79 Å². The first kappa shape index (κ1) is 15.0. The van der Waals surface area contributed by atoms with Gasteiger partial charge in [-0.25, -0.2) is 0 Å². The summed E-state index contributed by atoms with van der Waals surface area (Å²) in [5.41, 5.74) is 3.75. The highest BCUT2D eigenvalue weighted by molar-refractivity contribution is 5.76. The lowest BCUT2D eigenvalue weighted by Gasteiger charge is -2.15. The number of carbonyl (C=O) groups is 1. The predicted octanol–water partition coefficient (Wildman–Crippen LogP) is 2.51. The highest BCUT2D eigenvalue weighted by Crippen LogP contribution is 2.24. The van der Waals surface area contributed by atoms with E-state index in [-0.39, 0.29) is 17.9 Å². The highest BCUT2D eigenvalue weighted by atomic mass is 16.3. The number of aliphatic hydroxyl groups is 1. The standard InChI is InChI=1S/C17H25NO2/c1-12-6-7-14(13(2)10-12)8-9-17(20)18-11-15-4-3-5-16(15)19/h6-7,10,15-16,19H,3-5,8-9,11H2,1-2H3,(H,18,20). The van der Waals surface area contributed by atoms with Crippen LogP contribution in [-0.4, -0.2) is 23.7 Å². The maximum Gasteiger partial charge on any atom is 0.220 e. The molecule has 1 aliphatic carbocycles. The summed E-state index contributed by atoms with van der Waals surface area (Å²) >= 11 is 0. The van der Waals surface area contributed by atoms with Crippen LogP contribution >= 0.6 is 0 Å². The summed E-state index contributed by atoms with van der Waals surface area (Å²) in [6.45, 7) is 4.79. The van der Waals surface area contributed by atoms with E-state index in [1.165, 1.54) is 16.7 Å². The third-order valence-electron chi connectivity index (χ3n) is 4.30. The van der Waals surface area contributed by atoms with Crippen LogP contribution in [0.2, 0.25) is 0 Å². The van der Waals surface area contributed by atoms with E-state index < -0.39 is 0 Å². The van der Waals surface area contributed by atoms with Gasteiger partial charge in [-0.1, -0.05) is 30.2 Å². The predicted molar refractivity (Wildman–Crippen MR) is 80.6 cm³/mol. The Balaban J connectivity index is 1.74. The number of nitrogens with one attached hydrogen (secondary N) is 1. The van der Waals surface area contributed by atoms with Crippen LogP contribution in [0, 0.1) is 19.8 Å². The lowest BCUT2D eigenvalue weighted by molar-refractivity contribution is -0.121. The van der Waals surface area contributed by atoms with Crippen molar-refractivity contribution >= 4 is 5.91 Å². The second-order valence-electron chi connectivity index (χ2n) is 5.99. The van der Waals surface area contributed by atoms with Gasteiger partial charge in [-0.05, 0) is 44.2 Å². The van der Waals surface area contributed by atoms with Gasteiger partial charge in [-0.2, -0.15) is 0 Å². The average molecular weight is 275 g/mol. The number of carbonyl (C=O) groups excluding carboxylic acids is 1. The number of hydrogen-bond acceptors (Lipinski definition) is 2. The Kier molecular flexibility index (Phi) is 5.18. The molecule has 0 heterocycles. The van der Waals surface area contributed by atoms with Gasteiger partial charge >= 0.3 is 0 Å². The van der Waals surface area contributed by atoms with Crippen molar-refractivity contribution in [1.29, 1.82) is 0 Å². The van der Waals surface area contributed by atoms with Crippen LogP contribution in [0.25, 0.3) is 0 Å². The van der Waals surface area contributed by atoms with Crippen molar-refractivity contribution in [3.63, 3.8) is 0 Å². The molecular formula is C17H25NO2. The van der Waals surface area contributed by atoms with Crippen molar-refractivity contribution in [2.75, 3.05) is 6.54 Å². The molecule has 1 aliphatic rings. The fourth-order valence-electron chi connectivity index (χ4n) is 2.96. The zero-order valence-electron chi connectivity index (χ0n) is 12.5. The Bertz CT molecular complexity index is 470. The zero-order valence-corrected chi connectivity index (χ0v) is 12.5. The first-order chi connectivity index (χ1) is 9.56. The molecular weight excluding hydrogens is 250 g/mol. The van der Waals surface area contributed by atoms with Crippen molar-refractivity contribution in [1.82, 2.24) is 5.32 Å². The summed E-state index contributed by atoms with van der Waals surface area (Å²) in [4.78, 5) is 11.9. The van der Waals surface area contributed by atoms with E-state index in [0.29, 0.717) is 13.0 Å². The van der Waals surface area contributed by atoms with E-state index in [0.717, 1.165) is 25.7 Å². The van der Waals surface area contributed by atoms with Gasteiger partial charge in [0.15, 0.2) is 0 Å². The van der Waals surface area contributed by atoms with Gasteiger partial charge in [0.2, 0.25) is 5.91 Å². The minimum Gasteiger partial charge on any atom is -0.393 e. The molecule has 0 spiro atoms. The van der Waals surface area contributed by atoms with Crippen LogP contribution in [-0.2, 0) is 11.2 Å². The molecule has 20 heavy (non-hydrogen) atoms. The largest absolute Gasteiger partial charge is 0.393 e. The number of amides is 1. The summed E-state index contributed by atoms with van der Waals surface area (Å²) in [5.74, 6) is 0.337. The molecule has 1 fully saturated rings. The molecule has 2 unspecified atom stereocenters. The number of rotatable bonds is 5. The number of aryl methyl sites for hydroxylation is 3. The maximum absolute atomic E-state index is 11.9. The second-order valence-corrected chi connectivity index (χ2v) is 5.99. The van der Waals surface area contributed by atoms with Gasteiger partial charge in [-0.15, -0.1) is 0 Å². The molecule has 2 atom stereocenters. The number of hydrogen-bond donors (Lipinski definition) is 2. The molecule has 3 heteroatoms. The lowest BCUT2D eigenvalue weighted by Crippen LogP contribution is -2.32. The summed E-state index contributed by atoms with van der Waals surface area (Å²) in [7, 11) is 0. The van der Waals surface area contributed by atoms with Crippen LogP contribution in [0.4, 0.5) is 0 Å². The minimum atomic E-state index is -0.227. The highest BCUT2D eigenvalue weighted by Gasteiger charge is 2.25. The zero-order chi connectivity index (χ0) is 14.5. The smallest absolute Gasteiger partial charge is 0.220 e. The second kappa shape index (κ2) is 6.89. The van der Waals surface area contributed by atoms with E-state index in [9.17, 15) is 9.90 Å². The van der Waals surface area contributed by atoms with E-state index in [1.807, 2.05) is 0 Å². The molecule has 2 N–H and O–H groups in total. The van der Waals surface area contributed by atoms with E-state index in [4.69, 9.17) is 0 Å². The summed E-state index contributed by atoms with van der Waals surface area (Å²) in [5, 5.41) is 12.7. The first-order valence-electron chi connectivity index (χ1n) is 7.57. The van der Waals surface area contributed by atoms with Crippen LogP contribution in [0.15, 0.2) is 18.2 Å². The van der Waals surface area contributed by atoms with Crippen LogP contribution in [0.1, 0.15) is 42.4 Å². The summed E-state index contributed by atoms with van der Waals surface area (Å²) in [6.07, 6.45) is 4.05. The van der Waals surface area contributed by atoms with Gasteiger partial charge in [0.1, 0.15) is 0 Å². The third kappa shape index (κ3) is 4.07. The fourth-order valence-corrected chi connectivity index (χ4v) is 2.96. The van der Waals surface area contributed by atoms with E-state index in [2.05, 4.69) is 37.4 Å². The molecule has 1 aromatic carbocycles. The molecule has 1 saturated carbocycles. The molecule has 110 valence electrons. The van der Waals surface area contributed by atoms with E-state index in [1.54, 1.807) is 0 Å². The van der Waals surface area contributed by atoms with Gasteiger partial charge in [0.25, 0.3) is 0 Å². The number of benzene rings is 1. The molecule has 0 radical (unpaired) electrons. The van der Waals surface area contributed by atoms with Crippen LogP contribution in [0.3, 0.4) is 0 Å². The van der Waals surface area contributed by atoms with Gasteiger partial charge in [0, 0.05) is 18.9 Å². The SMILES string of the molecule is Cc1ccc(CCC(=O)NCC2CCCC2O)c(C)c1. The Morgan fingerprint density at radius 2 is 2.15 bits per heavy atom. The topological polar surface area (TPSA) is 49.3 Å². The normalized spacial score (nSPS) is 21.9. The molecule has 1 aromatic rings. The monoisotopic (exact) mass is 275 g/mol. The van der Waals surface area contributed by atoms with Crippen molar-refractivity contribution in [3.05, 3.63) is 34.9 Å². The minimum absolute atomic E-state index is 0.0871. The van der Waals surface area contributed by atoms with Crippen molar-refractivity contribution in [2.24, 2.45) is 5.92 Å². The molecule has 1 amide bonds. The van der Waals surface area contributed by atoms with Crippen molar-refractivity contribution < 1.29 is 9.90 Å². The molecule has 2 rings (SSSR count). The first-order valence-corrected chi connectivity index (χ1v) is 7.57. The Morgan fingerprint density at radius 3 is 2.80 bits per heavy atom. The molecule has 0 bridgehead atoms.